The first-order chi connectivity index (χ1) is 21.5. The van der Waals surface area contributed by atoms with E-state index in [0.717, 1.165) is 10.7 Å². The van der Waals surface area contributed by atoms with E-state index in [2.05, 4.69) is 10.1 Å². The van der Waals surface area contributed by atoms with Crippen LogP contribution in [0.4, 0.5) is 26.3 Å². The third-order valence-corrected chi connectivity index (χ3v) is 7.71. The zero-order chi connectivity index (χ0) is 33.8. The number of methoxy groups -OCH3 is 1. The van der Waals surface area contributed by atoms with Gasteiger partial charge in [-0.2, -0.15) is 18.3 Å². The van der Waals surface area contributed by atoms with Crippen molar-refractivity contribution in [2.75, 3.05) is 20.3 Å². The molecule has 244 valence electrons. The van der Waals surface area contributed by atoms with E-state index < -0.39 is 80.9 Å². The van der Waals surface area contributed by atoms with Crippen molar-refractivity contribution in [3.63, 3.8) is 0 Å². The molecule has 17 heteroatoms. The van der Waals surface area contributed by atoms with Crippen LogP contribution in [-0.4, -0.2) is 58.1 Å². The fourth-order valence-electron chi connectivity index (χ4n) is 4.68. The number of nitrogens with two attached hydrogens (primary N) is 1. The first kappa shape index (κ1) is 32.8. The summed E-state index contributed by atoms with van der Waals surface area (Å²) in [4.78, 5) is 29.3. The van der Waals surface area contributed by atoms with Crippen LogP contribution in [0.5, 0.6) is 11.5 Å². The lowest BCUT2D eigenvalue weighted by Crippen LogP contribution is -2.51. The largest absolute Gasteiger partial charge is 0.494 e. The van der Waals surface area contributed by atoms with Crippen LogP contribution in [0.2, 0.25) is 5.02 Å². The molecule has 0 saturated heterocycles. The van der Waals surface area contributed by atoms with Gasteiger partial charge in [0.2, 0.25) is 11.4 Å². The highest BCUT2D eigenvalue weighted by molar-refractivity contribution is 6.33. The molecular formula is C29H24ClF6N5O5. The summed E-state index contributed by atoms with van der Waals surface area (Å²) in [5, 5.41) is 16.6. The van der Waals surface area contributed by atoms with Crippen molar-refractivity contribution in [2.24, 2.45) is 5.73 Å². The van der Waals surface area contributed by atoms with Crippen LogP contribution in [0.15, 0.2) is 36.5 Å². The third kappa shape index (κ3) is 5.66. The number of ether oxygens (including phenoxy) is 2. The summed E-state index contributed by atoms with van der Waals surface area (Å²) in [6.45, 7) is -0.267. The van der Waals surface area contributed by atoms with E-state index >= 15 is 0 Å². The van der Waals surface area contributed by atoms with Crippen molar-refractivity contribution < 1.29 is 50.5 Å². The number of carbonyl (C=O) groups excluding carboxylic acids is 2. The number of hydrogen-bond donors (Lipinski definition) is 3. The van der Waals surface area contributed by atoms with Crippen molar-refractivity contribution >= 4 is 34.3 Å². The molecule has 4 N–H and O–H groups in total. The van der Waals surface area contributed by atoms with Gasteiger partial charge in [-0.25, -0.2) is 22.8 Å². The number of halogens is 7. The van der Waals surface area contributed by atoms with Crippen LogP contribution >= 0.6 is 11.6 Å². The number of nitrogens with one attached hydrogen (secondary N) is 1. The van der Waals surface area contributed by atoms with Crippen molar-refractivity contribution in [3.05, 3.63) is 70.0 Å². The summed E-state index contributed by atoms with van der Waals surface area (Å²) in [6, 6.07) is 4.43. The van der Waals surface area contributed by atoms with E-state index in [9.17, 15) is 41.0 Å². The number of amides is 2. The molecule has 0 radical (unpaired) electrons. The van der Waals surface area contributed by atoms with Gasteiger partial charge in [0.1, 0.15) is 17.0 Å². The summed E-state index contributed by atoms with van der Waals surface area (Å²) in [5.41, 5.74) is -1.68. The van der Waals surface area contributed by atoms with E-state index in [-0.39, 0.29) is 41.7 Å². The molecule has 2 heterocycles. The van der Waals surface area contributed by atoms with Gasteiger partial charge in [-0.15, -0.1) is 0 Å². The fraction of sp³-hybridized carbons (Fsp3) is 0.310. The topological polar surface area (TPSA) is 142 Å². The highest BCUT2D eigenvalue weighted by atomic mass is 35.5. The van der Waals surface area contributed by atoms with E-state index in [1.165, 1.54) is 32.4 Å². The Morgan fingerprint density at radius 3 is 2.48 bits per heavy atom. The molecule has 10 nitrogen and oxygen atoms in total. The maximum atomic E-state index is 14.6. The molecule has 4 aromatic rings. The highest BCUT2D eigenvalue weighted by Gasteiger charge is 2.57. The van der Waals surface area contributed by atoms with Crippen molar-refractivity contribution in [1.29, 1.82) is 0 Å². The van der Waals surface area contributed by atoms with E-state index in [1.54, 1.807) is 0 Å². The number of primary amides is 1. The number of rotatable bonds is 10. The molecule has 1 atom stereocenters. The summed E-state index contributed by atoms with van der Waals surface area (Å²) in [5.74, 6) is -7.54. The molecule has 0 aliphatic heterocycles. The van der Waals surface area contributed by atoms with Crippen molar-refractivity contribution in [3.8, 4) is 22.8 Å². The van der Waals surface area contributed by atoms with Gasteiger partial charge in [0.25, 0.3) is 11.8 Å². The Balaban J connectivity index is 1.58. The highest BCUT2D eigenvalue weighted by Crippen LogP contribution is 2.46. The number of aromatic nitrogens is 3. The average molecular weight is 672 g/mol. The van der Waals surface area contributed by atoms with Gasteiger partial charge in [0.05, 0.1) is 36.5 Å². The zero-order valence-corrected chi connectivity index (χ0v) is 24.7. The Morgan fingerprint density at radius 1 is 1.20 bits per heavy atom. The molecule has 1 aliphatic rings. The Kier molecular flexibility index (Phi) is 8.32. The second-order valence-corrected chi connectivity index (χ2v) is 10.8. The quantitative estimate of drug-likeness (QED) is 0.157. The molecule has 46 heavy (non-hydrogen) atoms. The minimum Gasteiger partial charge on any atom is -0.494 e. The van der Waals surface area contributed by atoms with Crippen LogP contribution in [0, 0.1) is 11.6 Å². The molecule has 1 aliphatic carbocycles. The minimum atomic E-state index is -5.55. The summed E-state index contributed by atoms with van der Waals surface area (Å²) < 4.78 is 98.3. The van der Waals surface area contributed by atoms with Crippen molar-refractivity contribution in [1.82, 2.24) is 20.1 Å². The second-order valence-electron chi connectivity index (χ2n) is 10.4. The zero-order valence-electron chi connectivity index (χ0n) is 23.9. The Morgan fingerprint density at radius 2 is 1.89 bits per heavy atom. The van der Waals surface area contributed by atoms with Gasteiger partial charge in [-0.05, 0) is 37.3 Å². The Bertz CT molecular complexity index is 1880. The summed E-state index contributed by atoms with van der Waals surface area (Å²) in [7, 11) is 1.25. The lowest BCUT2D eigenvalue weighted by atomic mass is 9.94. The van der Waals surface area contributed by atoms with Crippen LogP contribution in [0.3, 0.4) is 0 Å². The lowest BCUT2D eigenvalue weighted by molar-refractivity contribution is -0.265. The van der Waals surface area contributed by atoms with Crippen molar-refractivity contribution in [2.45, 2.75) is 37.3 Å². The molecule has 5 rings (SSSR count). The number of hydrogen-bond acceptors (Lipinski definition) is 7. The van der Waals surface area contributed by atoms with Gasteiger partial charge >= 0.3 is 6.18 Å². The number of aliphatic hydroxyl groups is 1. The maximum absolute atomic E-state index is 14.6. The van der Waals surface area contributed by atoms with E-state index in [4.69, 9.17) is 26.8 Å². The predicted octanol–water partition coefficient (Wildman–Crippen LogP) is 5.13. The SMILES string of the molecule is CCOc1c(C(N)=O)cc([C@@](O)(CNC(=O)c2cc(OC)c3nn(C4(F)CC4)cc3c2)C(F)(F)F)nc1-c1ccc(F)c(F)c1Cl. The van der Waals surface area contributed by atoms with Gasteiger partial charge < -0.3 is 25.6 Å². The van der Waals surface area contributed by atoms with E-state index in [1.807, 2.05) is 5.32 Å². The molecule has 1 saturated carbocycles. The first-order valence-corrected chi connectivity index (χ1v) is 13.9. The van der Waals surface area contributed by atoms with Gasteiger partial charge in [-0.1, -0.05) is 11.6 Å². The van der Waals surface area contributed by atoms with Gasteiger partial charge in [0.15, 0.2) is 17.4 Å². The standard InChI is InChI=1S/C29H24ClF6N5O5/c1-3-46-24-16(25(37)42)10-19(39-23(24)15-4-5-17(31)21(32)20(15)30)28(44,29(34,35)36)12-38-26(43)13-8-14-11-41(27(33)6-7-27)40-22(14)18(9-13)45-2/h4-5,8-11,44H,3,6-7,12H2,1-2H3,(H2,37,42)(H,38,43)/t28-/m0/s1. The van der Waals surface area contributed by atoms with Crippen LogP contribution in [0.1, 0.15) is 46.2 Å². The number of alkyl halides is 4. The van der Waals surface area contributed by atoms with Crippen LogP contribution in [-0.2, 0) is 11.4 Å². The normalized spacial score (nSPS) is 15.3. The fourth-order valence-corrected chi connectivity index (χ4v) is 4.93. The third-order valence-electron chi connectivity index (χ3n) is 7.34. The Hall–Kier alpha value is -4.57. The summed E-state index contributed by atoms with van der Waals surface area (Å²) in [6.07, 6.45) is -3.76. The molecule has 0 bridgehead atoms. The monoisotopic (exact) mass is 671 g/mol. The van der Waals surface area contributed by atoms with E-state index in [0.29, 0.717) is 12.1 Å². The molecule has 2 aromatic heterocycles. The molecule has 2 amide bonds. The Labute approximate surface area is 261 Å². The number of fused-ring (bicyclic) bond motifs is 1. The first-order valence-electron chi connectivity index (χ1n) is 13.5. The lowest BCUT2D eigenvalue weighted by Gasteiger charge is -2.31. The van der Waals surface area contributed by atoms with Crippen LogP contribution < -0.4 is 20.5 Å². The smallest absolute Gasteiger partial charge is 0.424 e. The molecule has 2 aromatic carbocycles. The average Bonchev–Trinajstić information content (AvgIpc) is 3.60. The second kappa shape index (κ2) is 11.7. The maximum Gasteiger partial charge on any atom is 0.424 e. The molecule has 0 spiro atoms. The van der Waals surface area contributed by atoms with Gasteiger partial charge in [0, 0.05) is 35.6 Å². The number of nitrogens with zero attached hydrogens (tertiary/aromatic N) is 3. The summed E-state index contributed by atoms with van der Waals surface area (Å²) >= 11 is 5.95. The number of pyridine rings is 1. The minimum absolute atomic E-state index is 0.0315. The molecule has 0 unspecified atom stereocenters. The molecular weight excluding hydrogens is 648 g/mol. The number of carbonyl (C=O) groups is 2. The van der Waals surface area contributed by atoms with Crippen LogP contribution in [0.25, 0.3) is 22.2 Å². The predicted molar refractivity (Wildman–Crippen MR) is 151 cm³/mol. The molecule has 1 fully saturated rings. The number of benzene rings is 2. The van der Waals surface area contributed by atoms with Gasteiger partial charge in [-0.3, -0.25) is 9.59 Å².